The zero-order valence-corrected chi connectivity index (χ0v) is 15.1. The van der Waals surface area contributed by atoms with Gasteiger partial charge in [-0.25, -0.2) is 8.42 Å². The van der Waals surface area contributed by atoms with Crippen LogP contribution in [0.25, 0.3) is 0 Å². The summed E-state index contributed by atoms with van der Waals surface area (Å²) < 4.78 is 30.4. The number of nitrogens with one attached hydrogen (secondary N) is 1. The smallest absolute Gasteiger partial charge is 0.243 e. The van der Waals surface area contributed by atoms with Gasteiger partial charge in [0.05, 0.1) is 19.1 Å². The molecule has 1 rings (SSSR count). The Kier molecular flexibility index (Phi) is 6.83. The lowest BCUT2D eigenvalue weighted by Crippen LogP contribution is -2.48. The predicted octanol–water partition coefficient (Wildman–Crippen LogP) is 0.528. The summed E-state index contributed by atoms with van der Waals surface area (Å²) in [5.74, 6) is 0.276. The summed E-state index contributed by atoms with van der Waals surface area (Å²) in [4.78, 5) is 14.2. The number of rotatable bonds is 8. The van der Waals surface area contributed by atoms with Crippen LogP contribution in [0, 0.1) is 0 Å². The van der Waals surface area contributed by atoms with E-state index >= 15 is 0 Å². The van der Waals surface area contributed by atoms with E-state index in [-0.39, 0.29) is 5.91 Å². The number of carbonyl (C=O) groups is 1. The third-order valence-electron chi connectivity index (χ3n) is 3.27. The van der Waals surface area contributed by atoms with Crippen molar-refractivity contribution in [1.82, 2.24) is 10.2 Å². The molecule has 0 radical (unpaired) electrons. The molecule has 130 valence electrons. The normalized spacial score (nSPS) is 12.8. The van der Waals surface area contributed by atoms with Crippen LogP contribution in [0.4, 0.5) is 5.69 Å². The predicted molar refractivity (Wildman–Crippen MR) is 91.3 cm³/mol. The molecule has 0 fully saturated rings. The van der Waals surface area contributed by atoms with Crippen LogP contribution < -0.4 is 14.4 Å². The number of carbonyl (C=O) groups excluding carboxylic acids is 1. The highest BCUT2D eigenvalue weighted by atomic mass is 32.2. The fourth-order valence-electron chi connectivity index (χ4n) is 2.09. The van der Waals surface area contributed by atoms with Crippen LogP contribution in [0.3, 0.4) is 0 Å². The van der Waals surface area contributed by atoms with E-state index in [0.717, 1.165) is 10.6 Å². The van der Waals surface area contributed by atoms with Gasteiger partial charge in [-0.05, 0) is 45.3 Å². The maximum atomic E-state index is 12.2. The number of nitrogens with zero attached hydrogens (tertiary/aromatic N) is 2. The lowest BCUT2D eigenvalue weighted by atomic mass is 10.2. The molecule has 1 aromatic carbocycles. The summed E-state index contributed by atoms with van der Waals surface area (Å²) in [7, 11) is 1.73. The molecule has 1 amide bonds. The Hall–Kier alpha value is -1.80. The monoisotopic (exact) mass is 343 g/mol. The zero-order valence-electron chi connectivity index (χ0n) is 14.2. The molecule has 1 aromatic rings. The highest BCUT2D eigenvalue weighted by molar-refractivity contribution is 7.92. The van der Waals surface area contributed by atoms with Crippen molar-refractivity contribution in [3.05, 3.63) is 24.3 Å². The zero-order chi connectivity index (χ0) is 17.6. The lowest BCUT2D eigenvalue weighted by molar-refractivity contribution is -0.121. The average molecular weight is 343 g/mol. The van der Waals surface area contributed by atoms with Crippen LogP contribution in [0.15, 0.2) is 24.3 Å². The quantitative estimate of drug-likeness (QED) is 0.745. The first-order valence-corrected chi connectivity index (χ1v) is 9.07. The minimum atomic E-state index is -3.60. The van der Waals surface area contributed by atoms with Crippen molar-refractivity contribution in [2.75, 3.05) is 44.9 Å². The van der Waals surface area contributed by atoms with Gasteiger partial charge in [-0.3, -0.25) is 9.10 Å². The van der Waals surface area contributed by atoms with E-state index in [0.29, 0.717) is 24.5 Å². The Labute approximate surface area is 138 Å². The largest absolute Gasteiger partial charge is 0.497 e. The maximum absolute atomic E-state index is 12.2. The molecule has 23 heavy (non-hydrogen) atoms. The van der Waals surface area contributed by atoms with Gasteiger partial charge in [-0.1, -0.05) is 0 Å². The fourth-order valence-corrected chi connectivity index (χ4v) is 3.26. The molecule has 0 unspecified atom stereocenters. The van der Waals surface area contributed by atoms with Gasteiger partial charge in [0, 0.05) is 13.1 Å². The Bertz CT molecular complexity index is 614. The summed E-state index contributed by atoms with van der Waals surface area (Å²) in [6, 6.07) is 5.70. The summed E-state index contributed by atoms with van der Waals surface area (Å²) in [5.41, 5.74) is 0.420. The van der Waals surface area contributed by atoms with Crippen LogP contribution in [-0.2, 0) is 14.8 Å². The van der Waals surface area contributed by atoms with E-state index in [4.69, 9.17) is 4.74 Å². The van der Waals surface area contributed by atoms with Crippen LogP contribution in [0.2, 0.25) is 0 Å². The number of hydrogen-bond acceptors (Lipinski definition) is 5. The van der Waals surface area contributed by atoms with Gasteiger partial charge in [0.15, 0.2) is 0 Å². The van der Waals surface area contributed by atoms with Crippen LogP contribution >= 0.6 is 0 Å². The Morgan fingerprint density at radius 1 is 1.26 bits per heavy atom. The molecular formula is C15H25N3O4S. The molecule has 0 heterocycles. The van der Waals surface area contributed by atoms with E-state index in [1.807, 2.05) is 19.0 Å². The molecular weight excluding hydrogens is 318 g/mol. The molecule has 1 atom stereocenters. The molecule has 0 saturated heterocycles. The highest BCUT2D eigenvalue weighted by Crippen LogP contribution is 2.23. The second kappa shape index (κ2) is 8.16. The third-order valence-corrected chi connectivity index (χ3v) is 4.52. The van der Waals surface area contributed by atoms with E-state index in [9.17, 15) is 13.2 Å². The van der Waals surface area contributed by atoms with E-state index in [1.165, 1.54) is 7.11 Å². The number of hydrogen-bond donors (Lipinski definition) is 1. The van der Waals surface area contributed by atoms with Crippen LogP contribution in [0.5, 0.6) is 5.75 Å². The van der Waals surface area contributed by atoms with Crippen molar-refractivity contribution in [3.8, 4) is 5.75 Å². The Morgan fingerprint density at radius 3 is 2.26 bits per heavy atom. The number of benzene rings is 1. The summed E-state index contributed by atoms with van der Waals surface area (Å²) in [5, 5.41) is 2.75. The van der Waals surface area contributed by atoms with Crippen LogP contribution in [-0.4, -0.2) is 65.8 Å². The van der Waals surface area contributed by atoms with Crippen molar-refractivity contribution < 1.29 is 17.9 Å². The number of methoxy groups -OCH3 is 1. The van der Waals surface area contributed by atoms with Gasteiger partial charge in [0.25, 0.3) is 0 Å². The van der Waals surface area contributed by atoms with Gasteiger partial charge in [0.1, 0.15) is 11.8 Å². The minimum Gasteiger partial charge on any atom is -0.497 e. The van der Waals surface area contributed by atoms with Crippen molar-refractivity contribution in [3.63, 3.8) is 0 Å². The van der Waals surface area contributed by atoms with Gasteiger partial charge in [0.2, 0.25) is 15.9 Å². The lowest BCUT2D eigenvalue weighted by Gasteiger charge is -2.28. The number of anilines is 1. The first kappa shape index (κ1) is 19.2. The average Bonchev–Trinajstić information content (AvgIpc) is 2.46. The molecule has 1 N–H and O–H groups in total. The topological polar surface area (TPSA) is 79.0 Å². The molecule has 0 bridgehead atoms. The number of sulfonamides is 1. The number of ether oxygens (including phenoxy) is 1. The molecule has 0 aromatic heterocycles. The molecule has 0 aliphatic rings. The first-order valence-electron chi connectivity index (χ1n) is 7.22. The van der Waals surface area contributed by atoms with E-state index in [2.05, 4.69) is 5.32 Å². The van der Waals surface area contributed by atoms with Gasteiger partial charge >= 0.3 is 0 Å². The van der Waals surface area contributed by atoms with Crippen molar-refractivity contribution >= 4 is 21.6 Å². The van der Waals surface area contributed by atoms with E-state index in [1.54, 1.807) is 31.2 Å². The maximum Gasteiger partial charge on any atom is 0.243 e. The van der Waals surface area contributed by atoms with Crippen molar-refractivity contribution in [2.45, 2.75) is 13.0 Å². The second-order valence-electron chi connectivity index (χ2n) is 5.53. The first-order chi connectivity index (χ1) is 10.7. The molecule has 7 nitrogen and oxygen atoms in total. The van der Waals surface area contributed by atoms with E-state index < -0.39 is 16.1 Å². The van der Waals surface area contributed by atoms with Crippen LogP contribution in [0.1, 0.15) is 6.92 Å². The molecule has 0 aliphatic heterocycles. The number of amides is 1. The molecule has 8 heteroatoms. The number of likely N-dealkylation sites (N-methyl/N-ethyl adjacent to an activating group) is 1. The Balaban J connectivity index is 2.95. The van der Waals surface area contributed by atoms with Crippen molar-refractivity contribution in [2.24, 2.45) is 0 Å². The summed E-state index contributed by atoms with van der Waals surface area (Å²) in [6.07, 6.45) is 1.08. The van der Waals surface area contributed by atoms with Gasteiger partial charge in [-0.15, -0.1) is 0 Å². The Morgan fingerprint density at radius 2 is 1.83 bits per heavy atom. The fraction of sp³-hybridized carbons (Fsp3) is 0.533. The second-order valence-corrected chi connectivity index (χ2v) is 7.39. The minimum absolute atomic E-state index is 0.340. The van der Waals surface area contributed by atoms with Gasteiger partial charge < -0.3 is 15.0 Å². The third kappa shape index (κ3) is 5.72. The SMILES string of the molecule is COc1ccc(N([C@@H](C)C(=O)NCCN(C)C)S(C)(=O)=O)cc1. The molecule has 0 spiro atoms. The summed E-state index contributed by atoms with van der Waals surface area (Å²) in [6.45, 7) is 2.70. The molecule has 0 saturated carbocycles. The van der Waals surface area contributed by atoms with Gasteiger partial charge in [-0.2, -0.15) is 0 Å². The highest BCUT2D eigenvalue weighted by Gasteiger charge is 2.28. The summed E-state index contributed by atoms with van der Waals surface area (Å²) >= 11 is 0. The van der Waals surface area contributed by atoms with Crippen molar-refractivity contribution in [1.29, 1.82) is 0 Å². The molecule has 0 aliphatic carbocycles. The standard InChI is InChI=1S/C15H25N3O4S/c1-12(15(19)16-10-11-17(2)3)18(23(5,20)21)13-6-8-14(22-4)9-7-13/h6-9,12H,10-11H2,1-5H3,(H,16,19)/t12-/m0/s1.